The molecule has 0 radical (unpaired) electrons. The minimum atomic E-state index is -0.852. The van der Waals surface area contributed by atoms with Crippen LogP contribution in [0.1, 0.15) is 46.5 Å². The van der Waals surface area contributed by atoms with Crippen LogP contribution in [0, 0.1) is 0 Å². The zero-order valence-electron chi connectivity index (χ0n) is 11.1. The molecule has 96 valence electrons. The third-order valence-corrected chi connectivity index (χ3v) is 3.36. The van der Waals surface area contributed by atoms with Crippen molar-refractivity contribution in [2.75, 3.05) is 13.6 Å². The maximum Gasteiger partial charge on any atom is 0.237 e. The molecule has 0 aliphatic heterocycles. The number of hydrogen-bond donors (Lipinski definition) is 2. The van der Waals surface area contributed by atoms with Crippen molar-refractivity contribution in [3.05, 3.63) is 0 Å². The van der Waals surface area contributed by atoms with Crippen molar-refractivity contribution in [3.8, 4) is 0 Å². The molecule has 4 heteroatoms. The van der Waals surface area contributed by atoms with Crippen molar-refractivity contribution in [2.24, 2.45) is 11.5 Å². The van der Waals surface area contributed by atoms with Crippen LogP contribution in [0.15, 0.2) is 0 Å². The molecule has 2 unspecified atom stereocenters. The smallest absolute Gasteiger partial charge is 0.237 e. The highest BCUT2D eigenvalue weighted by atomic mass is 16.1. The lowest BCUT2D eigenvalue weighted by molar-refractivity contribution is -0.122. The molecule has 0 saturated heterocycles. The molecule has 1 amide bonds. The quantitative estimate of drug-likeness (QED) is 0.612. The van der Waals surface area contributed by atoms with Crippen molar-refractivity contribution < 1.29 is 4.79 Å². The van der Waals surface area contributed by atoms with Gasteiger partial charge in [-0.05, 0) is 53.1 Å². The van der Waals surface area contributed by atoms with E-state index in [0.717, 1.165) is 25.8 Å². The van der Waals surface area contributed by atoms with Gasteiger partial charge in [0.05, 0.1) is 5.54 Å². The van der Waals surface area contributed by atoms with Crippen LogP contribution >= 0.6 is 0 Å². The number of primary amides is 1. The summed E-state index contributed by atoms with van der Waals surface area (Å²) in [6.07, 6.45) is 3.82. The largest absolute Gasteiger partial charge is 0.368 e. The highest BCUT2D eigenvalue weighted by Gasteiger charge is 2.24. The van der Waals surface area contributed by atoms with E-state index in [0.29, 0.717) is 12.5 Å². The second-order valence-electron chi connectivity index (χ2n) is 4.98. The van der Waals surface area contributed by atoms with Crippen LogP contribution in [-0.4, -0.2) is 36.0 Å². The maximum atomic E-state index is 11.0. The molecule has 0 spiro atoms. The lowest BCUT2D eigenvalue weighted by Crippen LogP contribution is -2.49. The average Bonchev–Trinajstić information content (AvgIpc) is 2.22. The van der Waals surface area contributed by atoms with Gasteiger partial charge >= 0.3 is 0 Å². The summed E-state index contributed by atoms with van der Waals surface area (Å²) in [7, 11) is 2.13. The van der Waals surface area contributed by atoms with Crippen molar-refractivity contribution in [3.63, 3.8) is 0 Å². The Bertz CT molecular complexity index is 216. The van der Waals surface area contributed by atoms with Gasteiger partial charge in [0, 0.05) is 6.04 Å². The first-order chi connectivity index (χ1) is 7.31. The topological polar surface area (TPSA) is 72.3 Å². The monoisotopic (exact) mass is 229 g/mol. The molecule has 0 bridgehead atoms. The molecule has 4 N–H and O–H groups in total. The van der Waals surface area contributed by atoms with Gasteiger partial charge in [-0.2, -0.15) is 0 Å². The number of carbonyl (C=O) groups excluding carboxylic acids is 1. The Labute approximate surface area is 99.4 Å². The number of nitrogens with zero attached hydrogens (tertiary/aromatic N) is 1. The van der Waals surface area contributed by atoms with E-state index in [1.165, 1.54) is 0 Å². The summed E-state index contributed by atoms with van der Waals surface area (Å²) in [6.45, 7) is 7.15. The fraction of sp³-hybridized carbons (Fsp3) is 0.917. The lowest BCUT2D eigenvalue weighted by atomic mass is 9.95. The Hall–Kier alpha value is -0.610. The molecule has 0 aromatic rings. The summed E-state index contributed by atoms with van der Waals surface area (Å²) < 4.78 is 0. The molecule has 0 fully saturated rings. The maximum absolute atomic E-state index is 11.0. The zero-order chi connectivity index (χ0) is 12.8. The normalized spacial score (nSPS) is 17.1. The number of carbonyl (C=O) groups is 1. The van der Waals surface area contributed by atoms with E-state index in [1.54, 1.807) is 6.92 Å². The molecular formula is C12H27N3O. The summed E-state index contributed by atoms with van der Waals surface area (Å²) in [5.74, 6) is -0.414. The second kappa shape index (κ2) is 6.86. The van der Waals surface area contributed by atoms with Gasteiger partial charge in [-0.3, -0.25) is 4.79 Å². The molecule has 0 aliphatic carbocycles. The zero-order valence-corrected chi connectivity index (χ0v) is 11.1. The van der Waals surface area contributed by atoms with Crippen LogP contribution < -0.4 is 11.5 Å². The number of amides is 1. The van der Waals surface area contributed by atoms with E-state index < -0.39 is 11.4 Å². The Kier molecular flexibility index (Phi) is 6.60. The number of hydrogen-bond acceptors (Lipinski definition) is 3. The molecule has 0 aliphatic rings. The molecule has 0 aromatic carbocycles. The molecular weight excluding hydrogens is 202 g/mol. The van der Waals surface area contributed by atoms with Gasteiger partial charge in [0.1, 0.15) is 0 Å². The van der Waals surface area contributed by atoms with Crippen LogP contribution in [0.4, 0.5) is 0 Å². The Morgan fingerprint density at radius 3 is 2.44 bits per heavy atom. The van der Waals surface area contributed by atoms with Crippen LogP contribution in [0.2, 0.25) is 0 Å². The van der Waals surface area contributed by atoms with Gasteiger partial charge in [0.2, 0.25) is 5.91 Å². The summed E-state index contributed by atoms with van der Waals surface area (Å²) in [5, 5.41) is 0. The van der Waals surface area contributed by atoms with Gasteiger partial charge in [-0.15, -0.1) is 0 Å². The molecule has 4 nitrogen and oxygen atoms in total. The molecule has 0 heterocycles. The highest BCUT2D eigenvalue weighted by Crippen LogP contribution is 2.11. The molecule has 0 saturated carbocycles. The SMILES string of the molecule is CCC(C)N(C)CCCCC(C)(N)C(N)=O. The van der Waals surface area contributed by atoms with E-state index in [2.05, 4.69) is 25.8 Å². The highest BCUT2D eigenvalue weighted by molar-refractivity contribution is 5.83. The Morgan fingerprint density at radius 1 is 1.44 bits per heavy atom. The fourth-order valence-electron chi connectivity index (χ4n) is 1.51. The molecule has 2 atom stereocenters. The number of unbranched alkanes of at least 4 members (excludes halogenated alkanes) is 1. The van der Waals surface area contributed by atoms with Gasteiger partial charge in [-0.25, -0.2) is 0 Å². The summed E-state index contributed by atoms with van der Waals surface area (Å²) in [6, 6.07) is 0.611. The predicted octanol–water partition coefficient (Wildman–Crippen LogP) is 1.09. The van der Waals surface area contributed by atoms with Gasteiger partial charge in [0.25, 0.3) is 0 Å². The second-order valence-corrected chi connectivity index (χ2v) is 4.98. The van der Waals surface area contributed by atoms with E-state index in [1.807, 2.05) is 0 Å². The van der Waals surface area contributed by atoms with Crippen LogP contribution in [-0.2, 0) is 4.79 Å². The molecule has 16 heavy (non-hydrogen) atoms. The first-order valence-corrected chi connectivity index (χ1v) is 6.10. The van der Waals surface area contributed by atoms with Crippen molar-refractivity contribution >= 4 is 5.91 Å². The summed E-state index contributed by atoms with van der Waals surface area (Å²) in [4.78, 5) is 13.3. The lowest BCUT2D eigenvalue weighted by Gasteiger charge is -2.24. The number of rotatable bonds is 8. The summed E-state index contributed by atoms with van der Waals surface area (Å²) in [5.41, 5.74) is 10.1. The van der Waals surface area contributed by atoms with E-state index in [4.69, 9.17) is 11.5 Å². The standard InChI is InChI=1S/C12H27N3O/c1-5-10(2)15(4)9-7-6-8-12(3,14)11(13)16/h10H,5-9,14H2,1-4H3,(H2,13,16). The molecule has 0 rings (SSSR count). The number of nitrogens with two attached hydrogens (primary N) is 2. The van der Waals surface area contributed by atoms with Crippen LogP contribution in [0.3, 0.4) is 0 Å². The van der Waals surface area contributed by atoms with Crippen LogP contribution in [0.5, 0.6) is 0 Å². The average molecular weight is 229 g/mol. The Morgan fingerprint density at radius 2 is 2.00 bits per heavy atom. The van der Waals surface area contributed by atoms with Gasteiger partial charge in [0.15, 0.2) is 0 Å². The fourth-order valence-corrected chi connectivity index (χ4v) is 1.51. The van der Waals surface area contributed by atoms with Crippen molar-refractivity contribution in [1.82, 2.24) is 4.90 Å². The van der Waals surface area contributed by atoms with E-state index >= 15 is 0 Å². The van der Waals surface area contributed by atoms with E-state index in [-0.39, 0.29) is 0 Å². The first kappa shape index (κ1) is 15.4. The third-order valence-electron chi connectivity index (χ3n) is 3.36. The van der Waals surface area contributed by atoms with Gasteiger partial charge in [-0.1, -0.05) is 6.92 Å². The minimum absolute atomic E-state index is 0.414. The third kappa shape index (κ3) is 5.47. The van der Waals surface area contributed by atoms with Crippen LogP contribution in [0.25, 0.3) is 0 Å². The molecule has 0 aromatic heterocycles. The Balaban J connectivity index is 3.72. The van der Waals surface area contributed by atoms with Gasteiger partial charge < -0.3 is 16.4 Å². The summed E-state index contributed by atoms with van der Waals surface area (Å²) >= 11 is 0. The van der Waals surface area contributed by atoms with E-state index in [9.17, 15) is 4.79 Å². The first-order valence-electron chi connectivity index (χ1n) is 6.10. The minimum Gasteiger partial charge on any atom is -0.368 e. The predicted molar refractivity (Wildman–Crippen MR) is 68.0 cm³/mol. The van der Waals surface area contributed by atoms with Crippen molar-refractivity contribution in [2.45, 2.75) is 58.0 Å². The van der Waals surface area contributed by atoms with Crippen molar-refractivity contribution in [1.29, 1.82) is 0 Å².